The van der Waals surface area contributed by atoms with Crippen LogP contribution in [0.5, 0.6) is 0 Å². The number of pyridine rings is 1. The van der Waals surface area contributed by atoms with Crippen LogP contribution in [0.2, 0.25) is 0 Å². The topological polar surface area (TPSA) is 108 Å². The molecule has 15 heavy (non-hydrogen) atoms. The summed E-state index contributed by atoms with van der Waals surface area (Å²) in [6.45, 7) is 0.975. The van der Waals surface area contributed by atoms with Crippen molar-refractivity contribution in [3.8, 4) is 0 Å². The summed E-state index contributed by atoms with van der Waals surface area (Å²) in [6, 6.07) is 6.12. The Morgan fingerprint density at radius 3 is 2.47 bits per heavy atom. The Kier molecular flexibility index (Phi) is 4.01. The van der Waals surface area contributed by atoms with Crippen molar-refractivity contribution < 1.29 is 33.4 Å². The molecule has 1 aromatic heterocycles. The van der Waals surface area contributed by atoms with Crippen LogP contribution in [0.1, 0.15) is 0 Å². The van der Waals surface area contributed by atoms with Gasteiger partial charge < -0.3 is 0 Å². The van der Waals surface area contributed by atoms with Crippen molar-refractivity contribution >= 4 is 5.82 Å². The number of nitrogens with one attached hydrogen (secondary N) is 1. The summed E-state index contributed by atoms with van der Waals surface area (Å²) in [5.41, 5.74) is 0. The van der Waals surface area contributed by atoms with E-state index in [0.717, 1.165) is 12.4 Å². The molecular weight excluding hydrogens is 224 g/mol. The van der Waals surface area contributed by atoms with Crippen LogP contribution in [0.4, 0.5) is 5.82 Å². The van der Waals surface area contributed by atoms with E-state index in [-0.39, 0.29) is 0 Å². The van der Waals surface area contributed by atoms with E-state index in [0.29, 0.717) is 0 Å². The monoisotopic (exact) mass is 232 g/mol. The molecule has 0 unspecified atom stereocenters. The average Bonchev–Trinajstić information content (AvgIpc) is 2.16. The molecule has 82 valence electrons. The van der Waals surface area contributed by atoms with E-state index in [1.54, 1.807) is 0 Å². The van der Waals surface area contributed by atoms with Crippen molar-refractivity contribution in [3.05, 3.63) is 36.7 Å². The second-order valence-electron chi connectivity index (χ2n) is 2.66. The van der Waals surface area contributed by atoms with Crippen molar-refractivity contribution in [2.75, 3.05) is 5.32 Å². The lowest BCUT2D eigenvalue weighted by molar-refractivity contribution is -2.00. The van der Waals surface area contributed by atoms with Crippen LogP contribution < -0.4 is 28.5 Å². The first-order chi connectivity index (χ1) is 6.97. The molecule has 0 saturated carbocycles. The van der Waals surface area contributed by atoms with Crippen LogP contribution >= 0.6 is 0 Å². The molecule has 1 N–H and O–H groups in total. The van der Waals surface area contributed by atoms with Gasteiger partial charge in [-0.05, 0) is 12.1 Å². The molecule has 0 amide bonds. The number of nitrogens with zero attached hydrogens (tertiary/aromatic N) is 1. The Bertz CT molecular complexity index is 318. The molecule has 0 aliphatic carbocycles. The zero-order valence-electron chi connectivity index (χ0n) is 7.63. The maximum Gasteiger partial charge on any atom is 0.279 e. The Morgan fingerprint density at radius 2 is 1.87 bits per heavy atom. The van der Waals surface area contributed by atoms with Gasteiger partial charge in [0.05, 0.1) is 12.4 Å². The maximum atomic E-state index is 8.49. The van der Waals surface area contributed by atoms with Crippen LogP contribution in [-0.4, -0.2) is 0 Å². The lowest BCUT2D eigenvalue weighted by Gasteiger charge is -2.17. The molecule has 0 saturated heterocycles. The standard InChI is InChI=1S/C8H8N2.ClHO4/c1-2-6-10-7-3-5-9-8(10)4-1;2-1(3,4)5/h1-6H,7H2;(H,2,3,4,5). The fourth-order valence-corrected chi connectivity index (χ4v) is 1.08. The summed E-state index contributed by atoms with van der Waals surface area (Å²) in [5.74, 6) is 1.16. The van der Waals surface area contributed by atoms with Crippen LogP contribution in [0.15, 0.2) is 36.7 Å². The first-order valence-corrected chi connectivity index (χ1v) is 5.22. The summed E-state index contributed by atoms with van der Waals surface area (Å²) >= 11 is 0. The highest BCUT2D eigenvalue weighted by molar-refractivity contribution is 5.32. The van der Waals surface area contributed by atoms with Crippen molar-refractivity contribution in [3.63, 3.8) is 0 Å². The van der Waals surface area contributed by atoms with Crippen molar-refractivity contribution in [2.45, 2.75) is 6.54 Å². The van der Waals surface area contributed by atoms with Gasteiger partial charge in [-0.2, -0.15) is 0 Å². The fraction of sp³-hybridized carbons (Fsp3) is 0.125. The predicted molar refractivity (Wildman–Crippen MR) is 39.4 cm³/mol. The van der Waals surface area contributed by atoms with Gasteiger partial charge in [-0.1, -0.05) is 6.07 Å². The number of aromatic nitrogens is 1. The Labute approximate surface area is 88.5 Å². The molecule has 1 aliphatic rings. The second-order valence-corrected chi connectivity index (χ2v) is 3.42. The van der Waals surface area contributed by atoms with E-state index in [2.05, 4.69) is 28.2 Å². The van der Waals surface area contributed by atoms with Gasteiger partial charge in [0.15, 0.2) is 0 Å². The predicted octanol–water partition coefficient (Wildman–Crippen LogP) is -3.84. The SMILES string of the molecule is C1=CNc2cccc[n+]2C1.[O-][Cl+3]([O-])([O-])[O-]. The number of hydrogen-bond donors (Lipinski definition) is 1. The van der Waals surface area contributed by atoms with Crippen molar-refractivity contribution in [1.29, 1.82) is 0 Å². The lowest BCUT2D eigenvalue weighted by atomic mass is 10.4. The van der Waals surface area contributed by atoms with Gasteiger partial charge in [0.25, 0.3) is 5.82 Å². The highest BCUT2D eigenvalue weighted by Gasteiger charge is 2.06. The molecule has 0 atom stereocenters. The van der Waals surface area contributed by atoms with Gasteiger partial charge in [0, 0.05) is 6.07 Å². The molecule has 2 rings (SSSR count). The van der Waals surface area contributed by atoms with E-state index in [1.807, 2.05) is 18.3 Å². The first kappa shape index (κ1) is 11.9. The van der Waals surface area contributed by atoms with E-state index >= 15 is 0 Å². The number of rotatable bonds is 0. The van der Waals surface area contributed by atoms with Crippen LogP contribution in [0.3, 0.4) is 0 Å². The highest BCUT2D eigenvalue weighted by atomic mass is 35.7. The summed E-state index contributed by atoms with van der Waals surface area (Å²) in [4.78, 5) is 0. The number of allylic oxidation sites excluding steroid dienone is 1. The van der Waals surface area contributed by atoms with Gasteiger partial charge >= 0.3 is 0 Å². The van der Waals surface area contributed by atoms with E-state index in [1.165, 1.54) is 0 Å². The van der Waals surface area contributed by atoms with Crippen molar-refractivity contribution in [1.82, 2.24) is 0 Å². The zero-order chi connectivity index (χ0) is 11.3. The van der Waals surface area contributed by atoms with Gasteiger partial charge in [0.2, 0.25) is 0 Å². The number of anilines is 1. The molecule has 0 spiro atoms. The largest absolute Gasteiger partial charge is 0.279 e. The summed E-state index contributed by atoms with van der Waals surface area (Å²) < 4.78 is 36.1. The molecule has 0 radical (unpaired) electrons. The first-order valence-electron chi connectivity index (χ1n) is 3.98. The number of fused-ring (bicyclic) bond motifs is 1. The molecule has 0 bridgehead atoms. The minimum Gasteiger partial charge on any atom is -0.248 e. The van der Waals surface area contributed by atoms with Gasteiger partial charge in [-0.15, -0.1) is 10.2 Å². The van der Waals surface area contributed by atoms with Crippen LogP contribution in [0.25, 0.3) is 0 Å². The Balaban J connectivity index is 0.000000195. The summed E-state index contributed by atoms with van der Waals surface area (Å²) in [5, 5.41) is 3.14. The molecule has 6 nitrogen and oxygen atoms in total. The molecule has 1 aromatic rings. The second kappa shape index (κ2) is 5.06. The third-order valence-electron chi connectivity index (χ3n) is 1.59. The number of hydrogen-bond acceptors (Lipinski definition) is 5. The number of halogens is 1. The van der Waals surface area contributed by atoms with Gasteiger partial charge in [-0.25, -0.2) is 28.5 Å². The Hall–Kier alpha value is -1.18. The Morgan fingerprint density at radius 1 is 1.20 bits per heavy atom. The fourth-order valence-electron chi connectivity index (χ4n) is 1.08. The van der Waals surface area contributed by atoms with Crippen LogP contribution in [-0.2, 0) is 6.54 Å². The summed E-state index contributed by atoms with van der Waals surface area (Å²) in [7, 11) is -4.94. The molecular formula is C8H9ClN2O4. The maximum absolute atomic E-state index is 8.49. The van der Waals surface area contributed by atoms with Gasteiger partial charge in [-0.3, -0.25) is 0 Å². The molecule has 2 heterocycles. The van der Waals surface area contributed by atoms with E-state index < -0.39 is 10.2 Å². The van der Waals surface area contributed by atoms with E-state index in [9.17, 15) is 0 Å². The smallest absolute Gasteiger partial charge is 0.248 e. The minimum absolute atomic E-state index is 0.975. The quantitative estimate of drug-likeness (QED) is 0.461. The highest BCUT2D eigenvalue weighted by Crippen LogP contribution is 2.01. The third kappa shape index (κ3) is 5.31. The summed E-state index contributed by atoms with van der Waals surface area (Å²) in [6.07, 6.45) is 6.12. The average molecular weight is 233 g/mol. The normalized spacial score (nSPS) is 13.3. The van der Waals surface area contributed by atoms with Crippen LogP contribution in [0, 0.1) is 10.2 Å². The molecule has 7 heteroatoms. The molecule has 0 fully saturated rings. The van der Waals surface area contributed by atoms with Crippen molar-refractivity contribution in [2.24, 2.45) is 0 Å². The molecule has 0 aromatic carbocycles. The lowest BCUT2D eigenvalue weighted by Crippen LogP contribution is -2.68. The van der Waals surface area contributed by atoms with E-state index in [4.69, 9.17) is 18.6 Å². The minimum atomic E-state index is -4.94. The van der Waals surface area contributed by atoms with Gasteiger partial charge in [0.1, 0.15) is 6.54 Å². The molecule has 1 aliphatic heterocycles. The third-order valence-corrected chi connectivity index (χ3v) is 1.59. The zero-order valence-corrected chi connectivity index (χ0v) is 8.39.